The molecular formula is C8H8INS. The highest BCUT2D eigenvalue weighted by Crippen LogP contribution is 2.06. The van der Waals surface area contributed by atoms with E-state index >= 15 is 0 Å². The lowest BCUT2D eigenvalue weighted by atomic mass is 10.2. The van der Waals surface area contributed by atoms with Crippen molar-refractivity contribution < 1.29 is 0 Å². The maximum Gasteiger partial charge on any atom is 0.0771 e. The number of hydrogen-bond acceptors (Lipinski definition) is 1. The van der Waals surface area contributed by atoms with Gasteiger partial charge in [-0.05, 0) is 40.3 Å². The number of rotatable bonds is 2. The SMILES string of the molecule is NC(=S)Cc1ccc(I)cc1. The van der Waals surface area contributed by atoms with Crippen LogP contribution < -0.4 is 5.73 Å². The van der Waals surface area contributed by atoms with Crippen molar-refractivity contribution in [3.05, 3.63) is 33.4 Å². The van der Waals surface area contributed by atoms with E-state index in [2.05, 4.69) is 22.6 Å². The fourth-order valence-electron chi connectivity index (χ4n) is 0.803. The predicted molar refractivity (Wildman–Crippen MR) is 59.6 cm³/mol. The van der Waals surface area contributed by atoms with E-state index in [-0.39, 0.29) is 0 Å². The van der Waals surface area contributed by atoms with Crippen LogP contribution in [-0.2, 0) is 6.42 Å². The molecule has 0 saturated carbocycles. The zero-order valence-electron chi connectivity index (χ0n) is 5.88. The molecule has 1 aromatic carbocycles. The summed E-state index contributed by atoms with van der Waals surface area (Å²) in [5.41, 5.74) is 6.57. The van der Waals surface area contributed by atoms with Gasteiger partial charge in [0, 0.05) is 9.99 Å². The Labute approximate surface area is 85.1 Å². The topological polar surface area (TPSA) is 26.0 Å². The standard InChI is InChI=1S/C8H8INS/c9-7-3-1-6(2-4-7)5-8(10)11/h1-4H,5H2,(H2,10,11). The first-order valence-electron chi connectivity index (χ1n) is 3.21. The van der Waals surface area contributed by atoms with Crippen molar-refractivity contribution in [1.29, 1.82) is 0 Å². The van der Waals surface area contributed by atoms with Crippen molar-refractivity contribution in [2.45, 2.75) is 6.42 Å². The molecular weight excluding hydrogens is 269 g/mol. The quantitative estimate of drug-likeness (QED) is 0.662. The summed E-state index contributed by atoms with van der Waals surface area (Å²) >= 11 is 7.05. The molecule has 0 amide bonds. The van der Waals surface area contributed by atoms with E-state index in [4.69, 9.17) is 18.0 Å². The molecule has 3 heteroatoms. The van der Waals surface area contributed by atoms with E-state index in [1.807, 2.05) is 24.3 Å². The third kappa shape index (κ3) is 3.16. The largest absolute Gasteiger partial charge is 0.393 e. The van der Waals surface area contributed by atoms with Gasteiger partial charge in [-0.25, -0.2) is 0 Å². The highest BCUT2D eigenvalue weighted by atomic mass is 127. The molecule has 58 valence electrons. The van der Waals surface area contributed by atoms with Gasteiger partial charge in [0.2, 0.25) is 0 Å². The number of nitrogens with two attached hydrogens (primary N) is 1. The van der Waals surface area contributed by atoms with Crippen LogP contribution in [0.15, 0.2) is 24.3 Å². The van der Waals surface area contributed by atoms with Crippen LogP contribution in [0.25, 0.3) is 0 Å². The average molecular weight is 277 g/mol. The highest BCUT2D eigenvalue weighted by molar-refractivity contribution is 14.1. The Balaban J connectivity index is 2.74. The van der Waals surface area contributed by atoms with Gasteiger partial charge in [0.25, 0.3) is 0 Å². The Kier molecular flexibility index (Phi) is 3.26. The summed E-state index contributed by atoms with van der Waals surface area (Å²) in [4.78, 5) is 0.547. The summed E-state index contributed by atoms with van der Waals surface area (Å²) in [7, 11) is 0. The Hall–Kier alpha value is -0.160. The molecule has 11 heavy (non-hydrogen) atoms. The van der Waals surface area contributed by atoms with Gasteiger partial charge in [-0.1, -0.05) is 24.4 Å². The number of halogens is 1. The Morgan fingerprint density at radius 3 is 2.36 bits per heavy atom. The Bertz CT molecular complexity index is 255. The molecule has 1 rings (SSSR count). The van der Waals surface area contributed by atoms with Crippen molar-refractivity contribution in [2.75, 3.05) is 0 Å². The van der Waals surface area contributed by atoms with Gasteiger partial charge in [-0.3, -0.25) is 0 Å². The van der Waals surface area contributed by atoms with Crippen LogP contribution in [0.2, 0.25) is 0 Å². The van der Waals surface area contributed by atoms with Crippen LogP contribution in [0.1, 0.15) is 5.56 Å². The molecule has 0 fully saturated rings. The van der Waals surface area contributed by atoms with Crippen LogP contribution in [-0.4, -0.2) is 4.99 Å². The number of thiocarbonyl (C=S) groups is 1. The van der Waals surface area contributed by atoms with Crippen LogP contribution in [0.4, 0.5) is 0 Å². The lowest BCUT2D eigenvalue weighted by Gasteiger charge is -1.97. The molecule has 0 radical (unpaired) electrons. The maximum atomic E-state index is 5.39. The molecule has 0 aliphatic carbocycles. The summed E-state index contributed by atoms with van der Waals surface area (Å²) in [5.74, 6) is 0. The fraction of sp³-hybridized carbons (Fsp3) is 0.125. The van der Waals surface area contributed by atoms with Gasteiger partial charge in [0.15, 0.2) is 0 Å². The zero-order chi connectivity index (χ0) is 8.27. The van der Waals surface area contributed by atoms with Crippen molar-refractivity contribution in [3.8, 4) is 0 Å². The molecule has 0 atom stereocenters. The second kappa shape index (κ2) is 4.01. The first-order chi connectivity index (χ1) is 5.18. The molecule has 1 aromatic rings. The summed E-state index contributed by atoms with van der Waals surface area (Å²) in [6.45, 7) is 0. The van der Waals surface area contributed by atoms with Crippen LogP contribution in [0.3, 0.4) is 0 Å². The van der Waals surface area contributed by atoms with E-state index in [0.29, 0.717) is 11.4 Å². The van der Waals surface area contributed by atoms with Crippen LogP contribution in [0.5, 0.6) is 0 Å². The van der Waals surface area contributed by atoms with E-state index in [1.165, 1.54) is 9.13 Å². The van der Waals surface area contributed by atoms with Gasteiger partial charge >= 0.3 is 0 Å². The first kappa shape index (κ1) is 8.93. The minimum Gasteiger partial charge on any atom is -0.393 e. The fourth-order valence-corrected chi connectivity index (χ4v) is 1.33. The van der Waals surface area contributed by atoms with E-state index in [9.17, 15) is 0 Å². The van der Waals surface area contributed by atoms with Crippen molar-refractivity contribution in [3.63, 3.8) is 0 Å². The van der Waals surface area contributed by atoms with Crippen molar-refractivity contribution >= 4 is 39.8 Å². The normalized spacial score (nSPS) is 9.55. The maximum absolute atomic E-state index is 5.39. The average Bonchev–Trinajstić information content (AvgIpc) is 1.93. The first-order valence-corrected chi connectivity index (χ1v) is 4.70. The van der Waals surface area contributed by atoms with Crippen LogP contribution >= 0.6 is 34.8 Å². The van der Waals surface area contributed by atoms with E-state index in [0.717, 1.165) is 0 Å². The van der Waals surface area contributed by atoms with Gasteiger partial charge < -0.3 is 5.73 Å². The lowest BCUT2D eigenvalue weighted by Crippen LogP contribution is -2.10. The molecule has 2 N–H and O–H groups in total. The smallest absolute Gasteiger partial charge is 0.0771 e. The molecule has 0 heterocycles. The van der Waals surface area contributed by atoms with Gasteiger partial charge in [-0.2, -0.15) is 0 Å². The number of benzene rings is 1. The summed E-state index contributed by atoms with van der Waals surface area (Å²) in [6.07, 6.45) is 0.701. The Morgan fingerprint density at radius 1 is 1.36 bits per heavy atom. The van der Waals surface area contributed by atoms with Crippen molar-refractivity contribution in [2.24, 2.45) is 5.73 Å². The summed E-state index contributed by atoms with van der Waals surface area (Å²) in [5, 5.41) is 0. The minimum atomic E-state index is 0.547. The molecule has 0 bridgehead atoms. The minimum absolute atomic E-state index is 0.547. The lowest BCUT2D eigenvalue weighted by molar-refractivity contribution is 1.32. The summed E-state index contributed by atoms with van der Waals surface area (Å²) < 4.78 is 1.23. The summed E-state index contributed by atoms with van der Waals surface area (Å²) in [6, 6.07) is 8.18. The van der Waals surface area contributed by atoms with Gasteiger partial charge in [0.1, 0.15) is 0 Å². The molecule has 0 saturated heterocycles. The third-order valence-electron chi connectivity index (χ3n) is 1.29. The second-order valence-corrected chi connectivity index (χ2v) is 4.04. The Morgan fingerprint density at radius 2 is 1.91 bits per heavy atom. The van der Waals surface area contributed by atoms with E-state index in [1.54, 1.807) is 0 Å². The predicted octanol–water partition coefficient (Wildman–Crippen LogP) is 2.12. The molecule has 0 unspecified atom stereocenters. The van der Waals surface area contributed by atoms with Crippen LogP contribution in [0, 0.1) is 3.57 Å². The van der Waals surface area contributed by atoms with Gasteiger partial charge in [0.05, 0.1) is 4.99 Å². The molecule has 1 nitrogen and oxygen atoms in total. The van der Waals surface area contributed by atoms with Gasteiger partial charge in [-0.15, -0.1) is 0 Å². The second-order valence-electron chi connectivity index (χ2n) is 2.27. The van der Waals surface area contributed by atoms with E-state index < -0.39 is 0 Å². The highest BCUT2D eigenvalue weighted by Gasteiger charge is 1.93. The monoisotopic (exact) mass is 277 g/mol. The zero-order valence-corrected chi connectivity index (χ0v) is 8.85. The molecule has 0 aromatic heterocycles. The third-order valence-corrected chi connectivity index (χ3v) is 2.16. The molecule has 0 spiro atoms. The molecule has 0 aliphatic rings. The number of hydrogen-bond donors (Lipinski definition) is 1. The molecule has 0 aliphatic heterocycles. The van der Waals surface area contributed by atoms with Crippen molar-refractivity contribution in [1.82, 2.24) is 0 Å².